The molecular weight excluding hydrogens is 482 g/mol. The summed E-state index contributed by atoms with van der Waals surface area (Å²) < 4.78 is 8.02. The van der Waals surface area contributed by atoms with Crippen molar-refractivity contribution in [1.82, 2.24) is 19.5 Å². The molecule has 1 aliphatic heterocycles. The molecule has 0 radical (unpaired) electrons. The number of carbonyl (C=O) groups excluding carboxylic acids is 1. The Morgan fingerprint density at radius 1 is 1.36 bits per heavy atom. The second-order valence-electron chi connectivity index (χ2n) is 9.16. The zero-order valence-corrected chi connectivity index (χ0v) is 20.5. The number of aromatic nitrogens is 3. The average Bonchev–Trinajstić information content (AvgIpc) is 3.50. The highest BCUT2D eigenvalue weighted by Gasteiger charge is 2.32. The number of likely N-dealkylation sites (tertiary alicyclic amines) is 1. The van der Waals surface area contributed by atoms with Crippen molar-refractivity contribution >= 4 is 33.3 Å². The first-order valence-electron chi connectivity index (χ1n) is 11.4. The Labute approximate surface area is 201 Å². The molecule has 33 heavy (non-hydrogen) atoms. The lowest BCUT2D eigenvalue weighted by Gasteiger charge is -2.33. The predicted molar refractivity (Wildman–Crippen MR) is 131 cm³/mol. The van der Waals surface area contributed by atoms with E-state index in [2.05, 4.69) is 64.5 Å². The van der Waals surface area contributed by atoms with Crippen molar-refractivity contribution in [3.8, 4) is 0 Å². The Balaban J connectivity index is 1.31. The molecule has 8 heteroatoms. The van der Waals surface area contributed by atoms with Gasteiger partial charge in [-0.15, -0.1) is 0 Å². The van der Waals surface area contributed by atoms with Crippen molar-refractivity contribution in [2.75, 3.05) is 25.0 Å². The standard InChI is InChI=1S/C25H28BrN5O2/c1-17-6-3-4-10-25(17,2)21-14-22(31-23(29-21)19(26)16-28-31)27-15-18-8-11-30(12-9-18)24(32)20-7-5-13-33-20/h3-7,13-14,16,18,27H,8-12,15H2,1-2H3. The van der Waals surface area contributed by atoms with Crippen LogP contribution in [0.5, 0.6) is 0 Å². The van der Waals surface area contributed by atoms with E-state index in [1.807, 2.05) is 9.42 Å². The van der Waals surface area contributed by atoms with E-state index in [0.717, 1.165) is 60.5 Å². The van der Waals surface area contributed by atoms with Gasteiger partial charge in [-0.25, -0.2) is 4.98 Å². The molecule has 0 spiro atoms. The van der Waals surface area contributed by atoms with Gasteiger partial charge in [0.25, 0.3) is 5.91 Å². The summed E-state index contributed by atoms with van der Waals surface area (Å²) in [6.07, 6.45) is 12.7. The maximum absolute atomic E-state index is 12.5. The second kappa shape index (κ2) is 8.82. The highest BCUT2D eigenvalue weighted by Crippen LogP contribution is 2.38. The van der Waals surface area contributed by atoms with E-state index >= 15 is 0 Å². The van der Waals surface area contributed by atoms with Crippen LogP contribution in [0, 0.1) is 5.92 Å². The molecule has 1 atom stereocenters. The number of furan rings is 1. The van der Waals surface area contributed by atoms with Crippen LogP contribution in [-0.2, 0) is 5.41 Å². The van der Waals surface area contributed by atoms with Crippen LogP contribution in [0.25, 0.3) is 5.65 Å². The van der Waals surface area contributed by atoms with Crippen molar-refractivity contribution in [1.29, 1.82) is 0 Å². The van der Waals surface area contributed by atoms with E-state index in [0.29, 0.717) is 11.7 Å². The zero-order valence-electron chi connectivity index (χ0n) is 18.9. The molecule has 1 amide bonds. The molecule has 0 aromatic carbocycles. The van der Waals surface area contributed by atoms with Crippen LogP contribution in [0.4, 0.5) is 5.82 Å². The molecule has 3 aromatic rings. The van der Waals surface area contributed by atoms with E-state index in [9.17, 15) is 4.79 Å². The minimum absolute atomic E-state index is 0.0218. The Bertz CT molecular complexity index is 1220. The van der Waals surface area contributed by atoms with Crippen LogP contribution in [0.15, 0.2) is 63.4 Å². The van der Waals surface area contributed by atoms with Gasteiger partial charge >= 0.3 is 0 Å². The number of amides is 1. The lowest BCUT2D eigenvalue weighted by atomic mass is 9.74. The molecule has 0 bridgehead atoms. The third-order valence-corrected chi connectivity index (χ3v) is 7.64. The molecule has 7 nitrogen and oxygen atoms in total. The summed E-state index contributed by atoms with van der Waals surface area (Å²) in [5, 5.41) is 8.16. The fourth-order valence-corrected chi connectivity index (χ4v) is 5.01. The summed E-state index contributed by atoms with van der Waals surface area (Å²) in [7, 11) is 0. The molecular formula is C25H28BrN5O2. The average molecular weight is 510 g/mol. The number of carbonyl (C=O) groups is 1. The number of rotatable bonds is 5. The summed E-state index contributed by atoms with van der Waals surface area (Å²) in [6, 6.07) is 5.62. The molecule has 4 heterocycles. The molecule has 172 valence electrons. The molecule has 2 aliphatic rings. The Kier molecular flexibility index (Phi) is 5.86. The second-order valence-corrected chi connectivity index (χ2v) is 10.0. The van der Waals surface area contributed by atoms with E-state index in [-0.39, 0.29) is 11.3 Å². The summed E-state index contributed by atoms with van der Waals surface area (Å²) >= 11 is 3.61. The van der Waals surface area contributed by atoms with Crippen LogP contribution in [0.3, 0.4) is 0 Å². The lowest BCUT2D eigenvalue weighted by Crippen LogP contribution is -2.39. The molecule has 1 aliphatic carbocycles. The predicted octanol–water partition coefficient (Wildman–Crippen LogP) is 5.21. The fraction of sp³-hybridized carbons (Fsp3) is 0.400. The minimum atomic E-state index is -0.145. The normalized spacial score (nSPS) is 21.4. The molecule has 3 aromatic heterocycles. The molecule has 1 unspecified atom stereocenters. The third-order valence-electron chi connectivity index (χ3n) is 7.08. The van der Waals surface area contributed by atoms with Gasteiger partial charge in [-0.3, -0.25) is 4.79 Å². The van der Waals surface area contributed by atoms with Gasteiger partial charge in [-0.05, 0) is 67.1 Å². The first kappa shape index (κ1) is 21.9. The largest absolute Gasteiger partial charge is 0.459 e. The SMILES string of the molecule is CC1=CC=CCC1(C)c1cc(NCC2CCN(C(=O)c3ccco3)CC2)n2ncc(Br)c2n1. The Hall–Kier alpha value is -2.87. The van der Waals surface area contributed by atoms with Crippen molar-refractivity contribution in [2.24, 2.45) is 5.92 Å². The number of hydrogen-bond donors (Lipinski definition) is 1. The van der Waals surface area contributed by atoms with Gasteiger partial charge in [-0.2, -0.15) is 9.61 Å². The summed E-state index contributed by atoms with van der Waals surface area (Å²) in [5.74, 6) is 1.81. The van der Waals surface area contributed by atoms with E-state index in [1.165, 1.54) is 5.57 Å². The first-order valence-corrected chi connectivity index (χ1v) is 12.2. The lowest BCUT2D eigenvalue weighted by molar-refractivity contribution is 0.0663. The number of hydrogen-bond acceptors (Lipinski definition) is 5. The molecule has 1 N–H and O–H groups in total. The number of piperidine rings is 1. The van der Waals surface area contributed by atoms with Crippen LogP contribution < -0.4 is 5.32 Å². The molecule has 1 saturated heterocycles. The van der Waals surface area contributed by atoms with Crippen LogP contribution in [0.2, 0.25) is 0 Å². The zero-order chi connectivity index (χ0) is 23.0. The van der Waals surface area contributed by atoms with Crippen molar-refractivity contribution < 1.29 is 9.21 Å². The number of fused-ring (bicyclic) bond motifs is 1. The Morgan fingerprint density at radius 2 is 2.18 bits per heavy atom. The van der Waals surface area contributed by atoms with Crippen molar-refractivity contribution in [3.63, 3.8) is 0 Å². The summed E-state index contributed by atoms with van der Waals surface area (Å²) in [6.45, 7) is 6.73. The highest BCUT2D eigenvalue weighted by atomic mass is 79.9. The van der Waals surface area contributed by atoms with Crippen LogP contribution in [0.1, 0.15) is 49.4 Å². The molecule has 1 fully saturated rings. The number of nitrogens with one attached hydrogen (secondary N) is 1. The third kappa shape index (κ3) is 4.12. The number of allylic oxidation sites excluding steroid dienone is 4. The van der Waals surface area contributed by atoms with Gasteiger partial charge in [0.05, 0.1) is 22.6 Å². The quantitative estimate of drug-likeness (QED) is 0.510. The van der Waals surface area contributed by atoms with Crippen LogP contribution in [-0.4, -0.2) is 45.0 Å². The number of halogens is 1. The minimum Gasteiger partial charge on any atom is -0.459 e. The molecule has 0 saturated carbocycles. The van der Waals surface area contributed by atoms with Crippen molar-refractivity contribution in [3.05, 3.63) is 70.4 Å². The van der Waals surface area contributed by atoms with Crippen LogP contribution >= 0.6 is 15.9 Å². The monoisotopic (exact) mass is 509 g/mol. The van der Waals surface area contributed by atoms with Gasteiger partial charge in [0.15, 0.2) is 11.4 Å². The maximum atomic E-state index is 12.5. The maximum Gasteiger partial charge on any atom is 0.289 e. The molecule has 5 rings (SSSR count). The van der Waals surface area contributed by atoms with E-state index in [1.54, 1.807) is 24.6 Å². The van der Waals surface area contributed by atoms with Gasteiger partial charge < -0.3 is 14.6 Å². The van der Waals surface area contributed by atoms with Gasteiger partial charge in [-0.1, -0.05) is 23.8 Å². The van der Waals surface area contributed by atoms with E-state index in [4.69, 9.17) is 9.40 Å². The van der Waals surface area contributed by atoms with Crippen molar-refractivity contribution in [2.45, 2.75) is 38.5 Å². The number of anilines is 1. The van der Waals surface area contributed by atoms with Gasteiger partial charge in [0.1, 0.15) is 5.82 Å². The summed E-state index contributed by atoms with van der Waals surface area (Å²) in [5.41, 5.74) is 3.01. The number of nitrogens with zero attached hydrogens (tertiary/aromatic N) is 4. The topological polar surface area (TPSA) is 75.7 Å². The van der Waals surface area contributed by atoms with E-state index < -0.39 is 0 Å². The van der Waals surface area contributed by atoms with Gasteiger partial charge in [0.2, 0.25) is 0 Å². The fourth-order valence-electron chi connectivity index (χ4n) is 4.66. The Morgan fingerprint density at radius 3 is 2.91 bits per heavy atom. The summed E-state index contributed by atoms with van der Waals surface area (Å²) in [4.78, 5) is 19.4. The van der Waals surface area contributed by atoms with Gasteiger partial charge in [0, 0.05) is 31.1 Å². The smallest absolute Gasteiger partial charge is 0.289 e. The first-order chi connectivity index (χ1) is 16.0. The highest BCUT2D eigenvalue weighted by molar-refractivity contribution is 9.10.